The van der Waals surface area contributed by atoms with Crippen molar-refractivity contribution < 1.29 is 14.3 Å². The predicted molar refractivity (Wildman–Crippen MR) is 92.2 cm³/mol. The summed E-state index contributed by atoms with van der Waals surface area (Å²) >= 11 is 23.7. The molecule has 0 radical (unpaired) electrons. The monoisotopic (exact) mass is 407 g/mol. The number of carbonyl (C=O) groups excluding carboxylic acids is 2. The zero-order valence-electron chi connectivity index (χ0n) is 12.1. The molecular formula is C14H9Cl4N3O3. The molecule has 1 aromatic heterocycles. The third-order valence-corrected chi connectivity index (χ3v) is 4.28. The third kappa shape index (κ3) is 4.48. The summed E-state index contributed by atoms with van der Waals surface area (Å²) in [5.41, 5.74) is 0.661. The Balaban J connectivity index is 2.02. The summed E-state index contributed by atoms with van der Waals surface area (Å²) in [6, 6.07) is 1.35. The summed E-state index contributed by atoms with van der Waals surface area (Å²) in [5, 5.41) is 2.68. The molecule has 2 aromatic rings. The first-order valence-corrected chi connectivity index (χ1v) is 7.89. The van der Waals surface area contributed by atoms with Crippen LogP contribution in [0.25, 0.3) is 0 Å². The van der Waals surface area contributed by atoms with Gasteiger partial charge >= 0.3 is 5.97 Å². The van der Waals surface area contributed by atoms with Crippen molar-refractivity contribution in [1.29, 1.82) is 0 Å². The second-order valence-electron chi connectivity index (χ2n) is 4.51. The number of rotatable bonds is 4. The molecular weight excluding hydrogens is 400 g/mol. The van der Waals surface area contributed by atoms with Crippen molar-refractivity contribution in [1.82, 2.24) is 9.97 Å². The van der Waals surface area contributed by atoms with Crippen LogP contribution in [0.3, 0.4) is 0 Å². The van der Waals surface area contributed by atoms with Gasteiger partial charge < -0.3 is 10.1 Å². The number of ether oxygens (including phenoxy) is 1. The number of nitrogens with zero attached hydrogens (tertiary/aromatic N) is 2. The summed E-state index contributed by atoms with van der Waals surface area (Å²) in [6.07, 6.45) is 2.66. The van der Waals surface area contributed by atoms with Crippen molar-refractivity contribution in [3.05, 3.63) is 49.9 Å². The van der Waals surface area contributed by atoms with Crippen molar-refractivity contribution in [3.8, 4) is 0 Å². The normalized spacial score (nSPS) is 10.4. The summed E-state index contributed by atoms with van der Waals surface area (Å²) in [5.74, 6) is -1.47. The summed E-state index contributed by atoms with van der Waals surface area (Å²) in [7, 11) is 0. The molecule has 6 nitrogen and oxygen atoms in total. The number of halogens is 4. The van der Waals surface area contributed by atoms with E-state index in [1.165, 1.54) is 18.5 Å². The minimum absolute atomic E-state index is 0.0183. The fourth-order valence-electron chi connectivity index (χ4n) is 1.56. The Bertz CT molecular complexity index is 771. The number of amides is 1. The Hall–Kier alpha value is -1.60. The van der Waals surface area contributed by atoms with Gasteiger partial charge in [0.25, 0.3) is 5.91 Å². The van der Waals surface area contributed by atoms with E-state index in [2.05, 4.69) is 15.3 Å². The van der Waals surface area contributed by atoms with E-state index in [0.717, 1.165) is 0 Å². The molecule has 0 saturated heterocycles. The molecule has 0 aliphatic heterocycles. The number of aryl methyl sites for hydroxylation is 1. The highest BCUT2D eigenvalue weighted by molar-refractivity contribution is 6.50. The number of hydrogen-bond acceptors (Lipinski definition) is 5. The lowest BCUT2D eigenvalue weighted by atomic mass is 10.3. The van der Waals surface area contributed by atoms with Crippen molar-refractivity contribution >= 4 is 64.0 Å². The van der Waals surface area contributed by atoms with Gasteiger partial charge in [0.2, 0.25) is 0 Å². The van der Waals surface area contributed by atoms with Gasteiger partial charge in [-0.25, -0.2) is 9.78 Å². The molecule has 0 saturated carbocycles. The highest BCUT2D eigenvalue weighted by Gasteiger charge is 2.18. The van der Waals surface area contributed by atoms with Crippen LogP contribution in [0.1, 0.15) is 16.2 Å². The quantitative estimate of drug-likeness (QED) is 0.605. The Morgan fingerprint density at radius 1 is 1.08 bits per heavy atom. The van der Waals surface area contributed by atoms with Crippen LogP contribution in [0.15, 0.2) is 18.5 Å². The number of nitrogens with one attached hydrogen (secondary N) is 1. The summed E-state index contributed by atoms with van der Waals surface area (Å²) in [6.45, 7) is 1.14. The van der Waals surface area contributed by atoms with E-state index in [4.69, 9.17) is 51.1 Å². The van der Waals surface area contributed by atoms with Crippen molar-refractivity contribution in [2.45, 2.75) is 6.92 Å². The van der Waals surface area contributed by atoms with Gasteiger partial charge in [-0.3, -0.25) is 9.78 Å². The van der Waals surface area contributed by atoms with Gasteiger partial charge in [-0.1, -0.05) is 46.4 Å². The molecule has 0 bridgehead atoms. The molecule has 126 valence electrons. The standard InChI is InChI=1S/C14H9Cl4N3O3/c1-6-3-20-9(4-19-6)14(23)24-5-10(22)21-13-11(17)7(15)2-8(16)12(13)18/h2-4H,5H2,1H3,(H,21,22). The lowest BCUT2D eigenvalue weighted by Gasteiger charge is -2.12. The van der Waals surface area contributed by atoms with Gasteiger partial charge in [-0.15, -0.1) is 0 Å². The van der Waals surface area contributed by atoms with Crippen LogP contribution in [0, 0.1) is 6.92 Å². The van der Waals surface area contributed by atoms with Crippen LogP contribution in [0.5, 0.6) is 0 Å². The number of benzene rings is 1. The van der Waals surface area contributed by atoms with E-state index < -0.39 is 18.5 Å². The summed E-state index contributed by atoms with van der Waals surface area (Å²) < 4.78 is 4.84. The minimum atomic E-state index is -0.793. The van der Waals surface area contributed by atoms with Gasteiger partial charge in [0, 0.05) is 6.20 Å². The molecule has 0 aliphatic rings. The molecule has 0 aliphatic carbocycles. The molecule has 1 N–H and O–H groups in total. The van der Waals surface area contributed by atoms with Gasteiger partial charge in [-0.05, 0) is 13.0 Å². The molecule has 2 rings (SSSR count). The molecule has 1 aromatic carbocycles. The maximum absolute atomic E-state index is 11.9. The van der Waals surface area contributed by atoms with Crippen LogP contribution in [0.4, 0.5) is 5.69 Å². The second kappa shape index (κ2) is 7.98. The highest BCUT2D eigenvalue weighted by Crippen LogP contribution is 2.40. The topological polar surface area (TPSA) is 81.2 Å². The fourth-order valence-corrected chi connectivity index (χ4v) is 2.47. The number of aromatic nitrogens is 2. The molecule has 1 amide bonds. The Kier molecular flexibility index (Phi) is 6.23. The van der Waals surface area contributed by atoms with Crippen LogP contribution < -0.4 is 5.32 Å². The number of esters is 1. The van der Waals surface area contributed by atoms with E-state index in [1.54, 1.807) is 6.92 Å². The molecule has 0 unspecified atom stereocenters. The van der Waals surface area contributed by atoms with Gasteiger partial charge in [0.1, 0.15) is 0 Å². The number of carbonyl (C=O) groups is 2. The molecule has 24 heavy (non-hydrogen) atoms. The first-order chi connectivity index (χ1) is 11.3. The zero-order chi connectivity index (χ0) is 17.9. The lowest BCUT2D eigenvalue weighted by Crippen LogP contribution is -2.22. The average Bonchev–Trinajstić information content (AvgIpc) is 2.55. The predicted octanol–water partition coefficient (Wildman–Crippen LogP) is 4.19. The zero-order valence-corrected chi connectivity index (χ0v) is 15.1. The second-order valence-corrected chi connectivity index (χ2v) is 6.08. The highest BCUT2D eigenvalue weighted by atomic mass is 35.5. The SMILES string of the molecule is Cc1cnc(C(=O)OCC(=O)Nc2c(Cl)c(Cl)cc(Cl)c2Cl)cn1. The fraction of sp³-hybridized carbons (Fsp3) is 0.143. The number of anilines is 1. The van der Waals surface area contributed by atoms with Crippen molar-refractivity contribution in [2.24, 2.45) is 0 Å². The van der Waals surface area contributed by atoms with Gasteiger partial charge in [0.15, 0.2) is 12.3 Å². The average molecular weight is 409 g/mol. The van der Waals surface area contributed by atoms with E-state index in [0.29, 0.717) is 5.69 Å². The van der Waals surface area contributed by atoms with Gasteiger partial charge in [0.05, 0.1) is 37.7 Å². The summed E-state index contributed by atoms with van der Waals surface area (Å²) in [4.78, 5) is 31.4. The first kappa shape index (κ1) is 18.7. The molecule has 10 heteroatoms. The Labute approximate surface area is 157 Å². The van der Waals surface area contributed by atoms with Crippen LogP contribution in [0.2, 0.25) is 20.1 Å². The Morgan fingerprint density at radius 3 is 2.25 bits per heavy atom. The van der Waals surface area contributed by atoms with Crippen LogP contribution >= 0.6 is 46.4 Å². The maximum Gasteiger partial charge on any atom is 0.359 e. The number of hydrogen-bond donors (Lipinski definition) is 1. The van der Waals surface area contributed by atoms with Gasteiger partial charge in [-0.2, -0.15) is 0 Å². The van der Waals surface area contributed by atoms with Crippen molar-refractivity contribution in [2.75, 3.05) is 11.9 Å². The van der Waals surface area contributed by atoms with E-state index in [-0.39, 0.29) is 31.5 Å². The molecule has 0 fully saturated rings. The van der Waals surface area contributed by atoms with E-state index in [9.17, 15) is 9.59 Å². The smallest absolute Gasteiger partial charge is 0.359 e. The molecule has 1 heterocycles. The van der Waals surface area contributed by atoms with Crippen molar-refractivity contribution in [3.63, 3.8) is 0 Å². The minimum Gasteiger partial charge on any atom is -0.451 e. The van der Waals surface area contributed by atoms with E-state index in [1.807, 2.05) is 0 Å². The van der Waals surface area contributed by atoms with Crippen LogP contribution in [-0.2, 0) is 9.53 Å². The van der Waals surface area contributed by atoms with Crippen LogP contribution in [-0.4, -0.2) is 28.5 Å². The molecule has 0 atom stereocenters. The maximum atomic E-state index is 11.9. The Morgan fingerprint density at radius 2 is 1.71 bits per heavy atom. The van der Waals surface area contributed by atoms with E-state index >= 15 is 0 Å². The third-order valence-electron chi connectivity index (χ3n) is 2.70. The first-order valence-electron chi connectivity index (χ1n) is 6.38. The lowest BCUT2D eigenvalue weighted by molar-refractivity contribution is -0.119. The molecule has 0 spiro atoms. The largest absolute Gasteiger partial charge is 0.451 e.